The van der Waals surface area contributed by atoms with Crippen LogP contribution in [0, 0.1) is 0 Å². The summed E-state index contributed by atoms with van der Waals surface area (Å²) in [6, 6.07) is 1.74. The Kier molecular flexibility index (Phi) is 4.27. The Morgan fingerprint density at radius 2 is 2.32 bits per heavy atom. The zero-order valence-electron chi connectivity index (χ0n) is 11.2. The van der Waals surface area contributed by atoms with Crippen LogP contribution in [0.25, 0.3) is 0 Å². The molecular formula is C12H18N6O. The van der Waals surface area contributed by atoms with Gasteiger partial charge in [-0.3, -0.25) is 14.2 Å². The lowest BCUT2D eigenvalue weighted by Crippen LogP contribution is -2.28. The third kappa shape index (κ3) is 3.64. The topological polar surface area (TPSA) is 77.6 Å². The van der Waals surface area contributed by atoms with Crippen molar-refractivity contribution in [1.82, 2.24) is 29.9 Å². The fraction of sp³-hybridized carbons (Fsp3) is 0.500. The molecule has 19 heavy (non-hydrogen) atoms. The first kappa shape index (κ1) is 13.3. The molecule has 1 atom stereocenters. The molecule has 1 N–H and O–H groups in total. The van der Waals surface area contributed by atoms with E-state index in [1.54, 1.807) is 10.9 Å². The first-order valence-electron chi connectivity index (χ1n) is 6.27. The molecule has 2 aromatic heterocycles. The summed E-state index contributed by atoms with van der Waals surface area (Å²) in [6.07, 6.45) is 6.34. The second-order valence-electron chi connectivity index (χ2n) is 4.40. The van der Waals surface area contributed by atoms with Gasteiger partial charge in [-0.25, -0.2) is 4.98 Å². The second-order valence-corrected chi connectivity index (χ2v) is 4.40. The monoisotopic (exact) mass is 262 g/mol. The minimum Gasteiger partial charge on any atom is -0.346 e. The van der Waals surface area contributed by atoms with Crippen LogP contribution >= 0.6 is 0 Å². The van der Waals surface area contributed by atoms with Crippen molar-refractivity contribution in [3.05, 3.63) is 30.6 Å². The summed E-state index contributed by atoms with van der Waals surface area (Å²) in [4.78, 5) is 15.9. The minimum absolute atomic E-state index is 0.0163. The lowest BCUT2D eigenvalue weighted by Gasteiger charge is -2.12. The number of nitrogens with zero attached hydrogens (tertiary/aromatic N) is 5. The number of amides is 1. The van der Waals surface area contributed by atoms with E-state index in [9.17, 15) is 4.79 Å². The van der Waals surface area contributed by atoms with Gasteiger partial charge in [0.2, 0.25) is 5.91 Å². The summed E-state index contributed by atoms with van der Waals surface area (Å²) in [5, 5.41) is 11.0. The third-order valence-corrected chi connectivity index (χ3v) is 2.86. The van der Waals surface area contributed by atoms with Crippen LogP contribution in [0.2, 0.25) is 0 Å². The molecule has 2 aromatic rings. The molecule has 0 spiro atoms. The number of aryl methyl sites for hydroxylation is 2. The van der Waals surface area contributed by atoms with Crippen LogP contribution in [0.15, 0.2) is 24.8 Å². The van der Waals surface area contributed by atoms with E-state index in [1.807, 2.05) is 30.9 Å². The lowest BCUT2D eigenvalue weighted by atomic mass is 10.2. The Labute approximate surface area is 111 Å². The molecule has 0 aliphatic heterocycles. The average Bonchev–Trinajstić information content (AvgIpc) is 3.00. The number of aromatic nitrogens is 5. The van der Waals surface area contributed by atoms with E-state index in [2.05, 4.69) is 20.5 Å². The van der Waals surface area contributed by atoms with Crippen molar-refractivity contribution in [3.63, 3.8) is 0 Å². The van der Waals surface area contributed by atoms with Crippen molar-refractivity contribution in [2.75, 3.05) is 0 Å². The zero-order chi connectivity index (χ0) is 13.7. The smallest absolute Gasteiger partial charge is 0.220 e. The maximum atomic E-state index is 11.8. The summed E-state index contributed by atoms with van der Waals surface area (Å²) in [7, 11) is 1.81. The fourth-order valence-electron chi connectivity index (χ4n) is 1.91. The van der Waals surface area contributed by atoms with Crippen LogP contribution in [0.3, 0.4) is 0 Å². The van der Waals surface area contributed by atoms with Gasteiger partial charge in [-0.1, -0.05) is 0 Å². The van der Waals surface area contributed by atoms with Crippen LogP contribution in [0.4, 0.5) is 0 Å². The van der Waals surface area contributed by atoms with Gasteiger partial charge in [0.25, 0.3) is 0 Å². The number of nitrogens with one attached hydrogen (secondary N) is 1. The van der Waals surface area contributed by atoms with Gasteiger partial charge in [-0.2, -0.15) is 10.2 Å². The van der Waals surface area contributed by atoms with Crippen molar-refractivity contribution in [1.29, 1.82) is 0 Å². The Hall–Kier alpha value is -2.18. The summed E-state index contributed by atoms with van der Waals surface area (Å²) in [6.45, 7) is 2.65. The van der Waals surface area contributed by atoms with Crippen molar-refractivity contribution in [2.45, 2.75) is 32.4 Å². The normalized spacial score (nSPS) is 12.3. The highest BCUT2D eigenvalue weighted by Crippen LogP contribution is 2.07. The molecule has 0 aliphatic carbocycles. The molecule has 0 aliphatic rings. The molecule has 1 unspecified atom stereocenters. The van der Waals surface area contributed by atoms with Gasteiger partial charge >= 0.3 is 0 Å². The number of hydrogen-bond acceptors (Lipinski definition) is 4. The van der Waals surface area contributed by atoms with Crippen molar-refractivity contribution < 1.29 is 4.79 Å². The Bertz CT molecular complexity index is 518. The van der Waals surface area contributed by atoms with Crippen LogP contribution < -0.4 is 5.32 Å². The average molecular weight is 262 g/mol. The van der Waals surface area contributed by atoms with E-state index >= 15 is 0 Å². The van der Waals surface area contributed by atoms with Crippen molar-refractivity contribution in [3.8, 4) is 0 Å². The molecular weight excluding hydrogens is 244 g/mol. The highest BCUT2D eigenvalue weighted by molar-refractivity contribution is 5.76. The molecule has 7 nitrogen and oxygen atoms in total. The van der Waals surface area contributed by atoms with Gasteiger partial charge < -0.3 is 5.32 Å². The summed E-state index contributed by atoms with van der Waals surface area (Å²) in [5.74, 6) is 0.767. The minimum atomic E-state index is -0.135. The van der Waals surface area contributed by atoms with Gasteiger partial charge in [0.05, 0.1) is 6.04 Å². The molecule has 7 heteroatoms. The van der Waals surface area contributed by atoms with Gasteiger partial charge in [0.15, 0.2) is 0 Å². The quantitative estimate of drug-likeness (QED) is 0.830. The summed E-state index contributed by atoms with van der Waals surface area (Å²) < 4.78 is 3.48. The Balaban J connectivity index is 1.74. The standard InChI is InChI=1S/C12H18N6O/c1-10(12-13-9-15-17(12)2)16-11(19)5-3-7-18-8-4-6-14-18/h4,6,8-10H,3,5,7H2,1-2H3,(H,16,19). The largest absolute Gasteiger partial charge is 0.346 e. The third-order valence-electron chi connectivity index (χ3n) is 2.86. The number of carbonyl (C=O) groups is 1. The molecule has 0 bridgehead atoms. The molecule has 2 rings (SSSR count). The molecule has 2 heterocycles. The van der Waals surface area contributed by atoms with E-state index in [0.29, 0.717) is 6.42 Å². The predicted octanol–water partition coefficient (Wildman–Crippen LogP) is 0.669. The van der Waals surface area contributed by atoms with Crippen LogP contribution in [-0.2, 0) is 18.4 Å². The van der Waals surface area contributed by atoms with E-state index in [4.69, 9.17) is 0 Å². The van der Waals surface area contributed by atoms with Crippen molar-refractivity contribution in [2.24, 2.45) is 7.05 Å². The molecule has 102 valence electrons. The zero-order valence-corrected chi connectivity index (χ0v) is 11.2. The van der Waals surface area contributed by atoms with Gasteiger partial charge in [0.1, 0.15) is 12.2 Å². The van der Waals surface area contributed by atoms with E-state index in [0.717, 1.165) is 18.8 Å². The fourth-order valence-corrected chi connectivity index (χ4v) is 1.91. The molecule has 1 amide bonds. The molecule has 0 fully saturated rings. The number of rotatable bonds is 6. The Morgan fingerprint density at radius 3 is 2.95 bits per heavy atom. The summed E-state index contributed by atoms with van der Waals surface area (Å²) >= 11 is 0. The summed E-state index contributed by atoms with van der Waals surface area (Å²) in [5.41, 5.74) is 0. The van der Waals surface area contributed by atoms with E-state index < -0.39 is 0 Å². The molecule has 0 saturated carbocycles. The SMILES string of the molecule is CC(NC(=O)CCCn1cccn1)c1ncnn1C. The van der Waals surface area contributed by atoms with Crippen molar-refractivity contribution >= 4 is 5.91 Å². The first-order valence-corrected chi connectivity index (χ1v) is 6.27. The van der Waals surface area contributed by atoms with Crippen LogP contribution in [0.1, 0.15) is 31.6 Å². The highest BCUT2D eigenvalue weighted by Gasteiger charge is 2.13. The van der Waals surface area contributed by atoms with Gasteiger partial charge in [-0.05, 0) is 19.4 Å². The van der Waals surface area contributed by atoms with Crippen LogP contribution in [0.5, 0.6) is 0 Å². The Morgan fingerprint density at radius 1 is 1.47 bits per heavy atom. The highest BCUT2D eigenvalue weighted by atomic mass is 16.1. The predicted molar refractivity (Wildman–Crippen MR) is 69.0 cm³/mol. The second kappa shape index (κ2) is 6.12. The lowest BCUT2D eigenvalue weighted by molar-refractivity contribution is -0.121. The maximum absolute atomic E-state index is 11.8. The van der Waals surface area contributed by atoms with Gasteiger partial charge in [-0.15, -0.1) is 0 Å². The maximum Gasteiger partial charge on any atom is 0.220 e. The van der Waals surface area contributed by atoms with Gasteiger partial charge in [0, 0.05) is 32.4 Å². The van der Waals surface area contributed by atoms with Crippen LogP contribution in [-0.4, -0.2) is 30.5 Å². The van der Waals surface area contributed by atoms with E-state index in [1.165, 1.54) is 6.33 Å². The number of hydrogen-bond donors (Lipinski definition) is 1. The molecule has 0 aromatic carbocycles. The number of carbonyl (C=O) groups excluding carboxylic acids is 1. The molecule has 0 saturated heterocycles. The van der Waals surface area contributed by atoms with E-state index in [-0.39, 0.29) is 11.9 Å². The molecule has 0 radical (unpaired) electrons. The first-order chi connectivity index (χ1) is 9.16.